The van der Waals surface area contributed by atoms with Crippen LogP contribution in [0, 0.1) is 11.6 Å². The third kappa shape index (κ3) is 6.95. The summed E-state index contributed by atoms with van der Waals surface area (Å²) >= 11 is 0. The molecule has 4 nitrogen and oxygen atoms in total. The minimum absolute atomic E-state index is 0.160. The van der Waals surface area contributed by atoms with Crippen LogP contribution in [0.2, 0.25) is 0 Å². The summed E-state index contributed by atoms with van der Waals surface area (Å²) in [7, 11) is 0. The number of halogens is 2. The molecule has 2 unspecified atom stereocenters. The second-order valence-electron chi connectivity index (χ2n) is 17.8. The van der Waals surface area contributed by atoms with Crippen molar-refractivity contribution in [2.45, 2.75) is 31.2 Å². The van der Waals surface area contributed by atoms with E-state index in [0.717, 1.165) is 85.6 Å². The van der Waals surface area contributed by atoms with Crippen molar-refractivity contribution in [2.75, 3.05) is 14.7 Å². The Bertz CT molecular complexity index is 3440. The fraction of sp³-hybridized carbons (Fsp3) is 0.0820. The van der Waals surface area contributed by atoms with Crippen molar-refractivity contribution in [3.63, 3.8) is 0 Å². The monoisotopic (exact) mass is 872 g/mol. The highest BCUT2D eigenvalue weighted by Gasteiger charge is 2.46. The molecule has 2 atom stereocenters. The van der Waals surface area contributed by atoms with Crippen LogP contribution in [0.4, 0.5) is 42.9 Å². The van der Waals surface area contributed by atoms with E-state index in [1.165, 1.54) is 29.1 Å². The number of aromatic nitrogens is 1. The minimum atomic E-state index is -0.286. The SMILES string of the molecule is CC12CC(N(c3ccc(-c4ccc(N(c5ccccc5)c5ccc6c(c5)c5ccccc5n6-c5ccc(F)cc5)cc4)cc3)C3C=CC=CC3)=CC=C1N(c1ccc(F)cc1)c1ccccc12. The summed E-state index contributed by atoms with van der Waals surface area (Å²) in [5.74, 6) is -0.490. The van der Waals surface area contributed by atoms with Crippen molar-refractivity contribution >= 4 is 55.9 Å². The number of allylic oxidation sites excluding steroid dienone is 6. The van der Waals surface area contributed by atoms with Gasteiger partial charge < -0.3 is 19.3 Å². The minimum Gasteiger partial charge on any atom is -0.338 e. The van der Waals surface area contributed by atoms with Crippen molar-refractivity contribution in [2.24, 2.45) is 0 Å². The van der Waals surface area contributed by atoms with E-state index < -0.39 is 0 Å². The molecule has 0 amide bonds. The Balaban J connectivity index is 0.875. The van der Waals surface area contributed by atoms with Gasteiger partial charge in [0, 0.05) is 73.8 Å². The van der Waals surface area contributed by atoms with Gasteiger partial charge >= 0.3 is 0 Å². The van der Waals surface area contributed by atoms with E-state index in [-0.39, 0.29) is 23.1 Å². The quantitative estimate of drug-likeness (QED) is 0.144. The summed E-state index contributed by atoms with van der Waals surface area (Å²) in [5, 5.41) is 2.26. The van der Waals surface area contributed by atoms with E-state index in [4.69, 9.17) is 0 Å². The zero-order chi connectivity index (χ0) is 45.1. The van der Waals surface area contributed by atoms with Gasteiger partial charge in [-0.05, 0) is 157 Å². The molecule has 0 spiro atoms. The third-order valence-corrected chi connectivity index (χ3v) is 13.8. The van der Waals surface area contributed by atoms with Crippen molar-refractivity contribution < 1.29 is 8.78 Å². The Morgan fingerprint density at radius 1 is 0.537 bits per heavy atom. The van der Waals surface area contributed by atoms with Gasteiger partial charge in [-0.3, -0.25) is 0 Å². The lowest BCUT2D eigenvalue weighted by Gasteiger charge is -2.41. The van der Waals surface area contributed by atoms with E-state index in [1.54, 1.807) is 12.1 Å². The lowest BCUT2D eigenvalue weighted by Crippen LogP contribution is -2.38. The second-order valence-corrected chi connectivity index (χ2v) is 17.8. The topological polar surface area (TPSA) is 14.7 Å². The highest BCUT2D eigenvalue weighted by molar-refractivity contribution is 6.10. The number of para-hydroxylation sites is 3. The van der Waals surface area contributed by atoms with E-state index in [9.17, 15) is 8.78 Å². The predicted octanol–water partition coefficient (Wildman–Crippen LogP) is 16.2. The first-order valence-corrected chi connectivity index (χ1v) is 23.0. The second kappa shape index (κ2) is 16.3. The zero-order valence-electron chi connectivity index (χ0n) is 37.0. The van der Waals surface area contributed by atoms with Gasteiger partial charge in [-0.2, -0.15) is 0 Å². The molecule has 9 aromatic rings. The fourth-order valence-electron chi connectivity index (χ4n) is 10.7. The number of hydrogen-bond donors (Lipinski definition) is 0. The first-order valence-electron chi connectivity index (χ1n) is 23.0. The van der Waals surface area contributed by atoms with Crippen LogP contribution in [-0.4, -0.2) is 10.6 Å². The molecule has 0 fully saturated rings. The molecule has 1 aromatic heterocycles. The van der Waals surface area contributed by atoms with Crippen molar-refractivity contribution in [1.82, 2.24) is 4.57 Å². The highest BCUT2D eigenvalue weighted by atomic mass is 19.1. The summed E-state index contributed by atoms with van der Waals surface area (Å²) in [6, 6.07) is 65.7. The van der Waals surface area contributed by atoms with Crippen molar-refractivity contribution in [3.05, 3.63) is 259 Å². The molecule has 1 aliphatic heterocycles. The molecule has 0 radical (unpaired) electrons. The molecule has 324 valence electrons. The molecule has 0 saturated carbocycles. The van der Waals surface area contributed by atoms with Gasteiger partial charge in [-0.25, -0.2) is 8.78 Å². The molecule has 12 rings (SSSR count). The van der Waals surface area contributed by atoms with Gasteiger partial charge in [-0.1, -0.05) is 103 Å². The summed E-state index contributed by atoms with van der Waals surface area (Å²) in [6.45, 7) is 2.35. The molecule has 2 heterocycles. The van der Waals surface area contributed by atoms with Crippen LogP contribution in [0.1, 0.15) is 25.3 Å². The van der Waals surface area contributed by atoms with E-state index in [2.05, 4.69) is 202 Å². The fourth-order valence-corrected chi connectivity index (χ4v) is 10.7. The normalized spacial score (nSPS) is 17.3. The zero-order valence-corrected chi connectivity index (χ0v) is 37.0. The third-order valence-electron chi connectivity index (χ3n) is 13.8. The average molecular weight is 873 g/mol. The van der Waals surface area contributed by atoms with E-state index >= 15 is 0 Å². The van der Waals surface area contributed by atoms with Gasteiger partial charge in [-0.15, -0.1) is 0 Å². The molecule has 0 saturated heterocycles. The molecule has 6 heteroatoms. The molecular formula is C61H46F2N4. The smallest absolute Gasteiger partial charge is 0.123 e. The first kappa shape index (κ1) is 40.3. The Kier molecular flexibility index (Phi) is 9.83. The van der Waals surface area contributed by atoms with Gasteiger partial charge in [0.1, 0.15) is 11.6 Å². The predicted molar refractivity (Wildman–Crippen MR) is 273 cm³/mol. The standard InChI is InChI=1S/C61H46F2N4/c1-61-41-53(37-39-60(61)67(51-34-26-45(63)27-35-51)59-19-11-9-17-56(59)61)65(47-14-6-3-7-15-47)49-30-22-43(23-31-49)42-20-28-48(29-21-42)64(46-12-4-2-5-13-46)52-36-38-58-55(40-52)54-16-8-10-18-57(54)66(58)50-32-24-44(62)25-33-50/h2-14,16-40,47H,15,41H2,1H3. The summed E-state index contributed by atoms with van der Waals surface area (Å²) in [4.78, 5) is 7.12. The van der Waals surface area contributed by atoms with E-state index in [1.807, 2.05) is 30.3 Å². The van der Waals surface area contributed by atoms with Crippen LogP contribution < -0.4 is 14.7 Å². The maximum absolute atomic E-state index is 14.1. The van der Waals surface area contributed by atoms with Gasteiger partial charge in [0.15, 0.2) is 0 Å². The van der Waals surface area contributed by atoms with Crippen LogP contribution in [0.25, 0.3) is 38.6 Å². The molecule has 8 aromatic carbocycles. The summed E-state index contributed by atoms with van der Waals surface area (Å²) < 4.78 is 30.3. The Labute approximate surface area is 389 Å². The molecule has 3 aliphatic rings. The lowest BCUT2D eigenvalue weighted by molar-refractivity contribution is 0.539. The average Bonchev–Trinajstić information content (AvgIpc) is 3.84. The van der Waals surface area contributed by atoms with Crippen molar-refractivity contribution in [1.29, 1.82) is 0 Å². The molecule has 67 heavy (non-hydrogen) atoms. The molecule has 0 bridgehead atoms. The van der Waals surface area contributed by atoms with Crippen LogP contribution in [0.5, 0.6) is 0 Å². The number of hydrogen-bond acceptors (Lipinski definition) is 3. The van der Waals surface area contributed by atoms with Gasteiger partial charge in [0.2, 0.25) is 0 Å². The van der Waals surface area contributed by atoms with Crippen LogP contribution in [-0.2, 0) is 5.41 Å². The van der Waals surface area contributed by atoms with Crippen LogP contribution in [0.3, 0.4) is 0 Å². The Morgan fingerprint density at radius 2 is 1.15 bits per heavy atom. The maximum atomic E-state index is 14.1. The number of fused-ring (bicyclic) bond motifs is 6. The van der Waals surface area contributed by atoms with Crippen LogP contribution in [0.15, 0.2) is 242 Å². The number of rotatable bonds is 9. The Hall–Kier alpha value is -8.22. The van der Waals surface area contributed by atoms with E-state index in [0.29, 0.717) is 0 Å². The first-order chi connectivity index (χ1) is 32.9. The Morgan fingerprint density at radius 3 is 1.87 bits per heavy atom. The highest BCUT2D eigenvalue weighted by Crippen LogP contribution is 2.56. The van der Waals surface area contributed by atoms with Gasteiger partial charge in [0.25, 0.3) is 0 Å². The summed E-state index contributed by atoms with van der Waals surface area (Å²) in [6.07, 6.45) is 15.1. The number of benzene rings is 8. The van der Waals surface area contributed by atoms with Crippen LogP contribution >= 0.6 is 0 Å². The number of nitrogens with zero attached hydrogens (tertiary/aromatic N) is 4. The molecular weight excluding hydrogens is 827 g/mol. The van der Waals surface area contributed by atoms with Crippen molar-refractivity contribution in [3.8, 4) is 16.8 Å². The number of anilines is 6. The summed E-state index contributed by atoms with van der Waals surface area (Å²) in [5.41, 5.74) is 15.2. The largest absolute Gasteiger partial charge is 0.338 e. The lowest BCUT2D eigenvalue weighted by atomic mass is 9.75. The van der Waals surface area contributed by atoms with Gasteiger partial charge in [0.05, 0.1) is 17.1 Å². The molecule has 2 aliphatic carbocycles. The maximum Gasteiger partial charge on any atom is 0.123 e. The molecule has 0 N–H and O–H groups in total.